The van der Waals surface area contributed by atoms with Crippen molar-refractivity contribution < 1.29 is 14.5 Å². The number of hydrogen-bond acceptors (Lipinski definition) is 5. The molecule has 0 aliphatic carbocycles. The van der Waals surface area contributed by atoms with E-state index in [1.807, 2.05) is 0 Å². The molecule has 114 valence electrons. The molecule has 1 saturated heterocycles. The summed E-state index contributed by atoms with van der Waals surface area (Å²) in [6.45, 7) is 4.33. The molecular formula is C14H19N3O4. The summed E-state index contributed by atoms with van der Waals surface area (Å²) in [7, 11) is 1.41. The molecule has 1 amide bonds. The number of ether oxygens (including phenoxy) is 1. The Labute approximate surface area is 123 Å². The van der Waals surface area contributed by atoms with E-state index in [4.69, 9.17) is 4.74 Å². The summed E-state index contributed by atoms with van der Waals surface area (Å²) in [4.78, 5) is 24.3. The molecule has 21 heavy (non-hydrogen) atoms. The predicted molar refractivity (Wildman–Crippen MR) is 78.5 cm³/mol. The molecule has 7 heteroatoms. The van der Waals surface area contributed by atoms with Gasteiger partial charge < -0.3 is 10.1 Å². The monoisotopic (exact) mass is 293 g/mol. The van der Waals surface area contributed by atoms with Crippen LogP contribution in [0.25, 0.3) is 0 Å². The highest BCUT2D eigenvalue weighted by Gasteiger charge is 2.21. The third kappa shape index (κ3) is 3.91. The molecule has 0 unspecified atom stereocenters. The van der Waals surface area contributed by atoms with Crippen LogP contribution in [0.4, 0.5) is 11.4 Å². The Morgan fingerprint density at radius 3 is 2.90 bits per heavy atom. The molecule has 1 fully saturated rings. The third-order valence-corrected chi connectivity index (χ3v) is 3.55. The fourth-order valence-electron chi connectivity index (χ4n) is 2.46. The van der Waals surface area contributed by atoms with Gasteiger partial charge in [-0.05, 0) is 24.9 Å². The number of nitrogens with zero attached hydrogens (tertiary/aromatic N) is 2. The van der Waals surface area contributed by atoms with E-state index < -0.39 is 4.92 Å². The second-order valence-electron chi connectivity index (χ2n) is 5.32. The minimum absolute atomic E-state index is 0.0711. The molecule has 0 radical (unpaired) electrons. The Hall–Kier alpha value is -2.15. The summed E-state index contributed by atoms with van der Waals surface area (Å²) in [6, 6.07) is 4.13. The van der Waals surface area contributed by atoms with Crippen molar-refractivity contribution in [3.05, 3.63) is 28.3 Å². The van der Waals surface area contributed by atoms with Gasteiger partial charge in [0.2, 0.25) is 5.91 Å². The van der Waals surface area contributed by atoms with Crippen LogP contribution in [0.3, 0.4) is 0 Å². The van der Waals surface area contributed by atoms with E-state index in [0.29, 0.717) is 18.2 Å². The minimum Gasteiger partial charge on any atom is -0.494 e. The zero-order chi connectivity index (χ0) is 15.4. The van der Waals surface area contributed by atoms with Gasteiger partial charge in [0, 0.05) is 12.6 Å². The number of anilines is 1. The normalized spacial score (nSPS) is 18.5. The maximum Gasteiger partial charge on any atom is 0.273 e. The molecule has 1 aromatic rings. The number of carbonyl (C=O) groups is 1. The lowest BCUT2D eigenvalue weighted by Gasteiger charge is -2.15. The number of methoxy groups -OCH3 is 1. The largest absolute Gasteiger partial charge is 0.494 e. The highest BCUT2D eigenvalue weighted by Crippen LogP contribution is 2.29. The van der Waals surface area contributed by atoms with Gasteiger partial charge in [-0.1, -0.05) is 6.92 Å². The number of non-ortho nitro benzene ring substituents is 1. The molecule has 1 aliphatic rings. The lowest BCUT2D eigenvalue weighted by atomic mass is 10.2. The van der Waals surface area contributed by atoms with E-state index in [1.54, 1.807) is 0 Å². The highest BCUT2D eigenvalue weighted by atomic mass is 16.6. The first-order chi connectivity index (χ1) is 9.99. The van der Waals surface area contributed by atoms with Gasteiger partial charge in [-0.2, -0.15) is 0 Å². The van der Waals surface area contributed by atoms with Gasteiger partial charge in [-0.3, -0.25) is 19.8 Å². The molecule has 1 atom stereocenters. The fraction of sp³-hybridized carbons (Fsp3) is 0.500. The number of benzene rings is 1. The fourth-order valence-corrected chi connectivity index (χ4v) is 2.46. The predicted octanol–water partition coefficient (Wildman–Crippen LogP) is 1.88. The van der Waals surface area contributed by atoms with Gasteiger partial charge in [-0.15, -0.1) is 0 Å². The van der Waals surface area contributed by atoms with Gasteiger partial charge in [-0.25, -0.2) is 0 Å². The average molecular weight is 293 g/mol. The molecule has 0 spiro atoms. The van der Waals surface area contributed by atoms with E-state index in [0.717, 1.165) is 19.5 Å². The van der Waals surface area contributed by atoms with Crippen LogP contribution in [0.2, 0.25) is 0 Å². The Kier molecular flexibility index (Phi) is 4.74. The lowest BCUT2D eigenvalue weighted by molar-refractivity contribution is -0.384. The van der Waals surface area contributed by atoms with Crippen LogP contribution in [0.15, 0.2) is 18.2 Å². The summed E-state index contributed by atoms with van der Waals surface area (Å²) >= 11 is 0. The number of likely N-dealkylation sites (tertiary alicyclic amines) is 1. The van der Waals surface area contributed by atoms with E-state index in [9.17, 15) is 14.9 Å². The van der Waals surface area contributed by atoms with Crippen molar-refractivity contribution >= 4 is 17.3 Å². The van der Waals surface area contributed by atoms with Crippen LogP contribution >= 0.6 is 0 Å². The zero-order valence-corrected chi connectivity index (χ0v) is 12.2. The van der Waals surface area contributed by atoms with Crippen LogP contribution in [0.5, 0.6) is 5.75 Å². The molecule has 1 aromatic carbocycles. The van der Waals surface area contributed by atoms with Crippen LogP contribution in [-0.2, 0) is 4.79 Å². The molecule has 0 saturated carbocycles. The minimum atomic E-state index is -0.500. The molecule has 1 N–H and O–H groups in total. The Bertz CT molecular complexity index is 547. The average Bonchev–Trinajstić information content (AvgIpc) is 2.84. The molecule has 1 heterocycles. The number of amides is 1. The molecule has 0 bridgehead atoms. The number of nitro benzene ring substituents is 1. The van der Waals surface area contributed by atoms with Gasteiger partial charge in [0.1, 0.15) is 5.75 Å². The highest BCUT2D eigenvalue weighted by molar-refractivity contribution is 5.93. The number of nitro groups is 1. The first-order valence-corrected chi connectivity index (χ1v) is 6.84. The van der Waals surface area contributed by atoms with E-state index >= 15 is 0 Å². The van der Waals surface area contributed by atoms with Crippen molar-refractivity contribution in [3.63, 3.8) is 0 Å². The van der Waals surface area contributed by atoms with Crippen molar-refractivity contribution in [2.75, 3.05) is 32.1 Å². The number of hydrogen-bond donors (Lipinski definition) is 1. The van der Waals surface area contributed by atoms with Gasteiger partial charge in [0.25, 0.3) is 5.69 Å². The Morgan fingerprint density at radius 1 is 1.57 bits per heavy atom. The molecular weight excluding hydrogens is 274 g/mol. The van der Waals surface area contributed by atoms with Gasteiger partial charge in [0.15, 0.2) is 0 Å². The van der Waals surface area contributed by atoms with Crippen molar-refractivity contribution in [1.82, 2.24) is 4.90 Å². The van der Waals surface area contributed by atoms with E-state index in [-0.39, 0.29) is 17.3 Å². The third-order valence-electron chi connectivity index (χ3n) is 3.55. The molecule has 7 nitrogen and oxygen atoms in total. The lowest BCUT2D eigenvalue weighted by Crippen LogP contribution is -2.31. The summed E-state index contributed by atoms with van der Waals surface area (Å²) < 4.78 is 5.09. The standard InChI is InChI=1S/C14H19N3O4/c1-10-5-6-16(8-10)9-14(18)15-12-4-3-11(17(19)20)7-13(12)21-2/h3-4,7,10H,5-6,8-9H2,1-2H3,(H,15,18)/t10-/m0/s1. The Morgan fingerprint density at radius 2 is 2.33 bits per heavy atom. The first-order valence-electron chi connectivity index (χ1n) is 6.84. The van der Waals surface area contributed by atoms with Gasteiger partial charge in [0.05, 0.1) is 30.3 Å². The maximum absolute atomic E-state index is 12.0. The Balaban J connectivity index is 2.01. The summed E-state index contributed by atoms with van der Waals surface area (Å²) in [5.41, 5.74) is 0.374. The topological polar surface area (TPSA) is 84.7 Å². The van der Waals surface area contributed by atoms with Gasteiger partial charge >= 0.3 is 0 Å². The first kappa shape index (κ1) is 15.2. The SMILES string of the molecule is COc1cc([N+](=O)[O-])ccc1NC(=O)CN1CC[C@H](C)C1. The van der Waals surface area contributed by atoms with Crippen LogP contribution in [0, 0.1) is 16.0 Å². The number of carbonyl (C=O) groups excluding carboxylic acids is 1. The summed E-state index contributed by atoms with van der Waals surface area (Å²) in [6.07, 6.45) is 1.11. The molecule has 1 aliphatic heterocycles. The maximum atomic E-state index is 12.0. The van der Waals surface area contributed by atoms with Crippen molar-refractivity contribution in [3.8, 4) is 5.75 Å². The quantitative estimate of drug-likeness (QED) is 0.662. The molecule has 0 aromatic heterocycles. The number of rotatable bonds is 5. The van der Waals surface area contributed by atoms with Crippen molar-refractivity contribution in [1.29, 1.82) is 0 Å². The van der Waals surface area contributed by atoms with Crippen molar-refractivity contribution in [2.45, 2.75) is 13.3 Å². The van der Waals surface area contributed by atoms with Crippen molar-refractivity contribution in [2.24, 2.45) is 5.92 Å². The van der Waals surface area contributed by atoms with E-state index in [1.165, 1.54) is 25.3 Å². The smallest absolute Gasteiger partial charge is 0.273 e. The second-order valence-corrected chi connectivity index (χ2v) is 5.32. The summed E-state index contributed by atoms with van der Waals surface area (Å²) in [5, 5.41) is 13.5. The van der Waals surface area contributed by atoms with Crippen LogP contribution < -0.4 is 10.1 Å². The van der Waals surface area contributed by atoms with Crippen LogP contribution in [0.1, 0.15) is 13.3 Å². The second kappa shape index (κ2) is 6.53. The van der Waals surface area contributed by atoms with E-state index in [2.05, 4.69) is 17.1 Å². The molecule has 2 rings (SSSR count). The number of nitrogens with one attached hydrogen (secondary N) is 1. The van der Waals surface area contributed by atoms with Crippen LogP contribution in [-0.4, -0.2) is 42.5 Å². The summed E-state index contributed by atoms with van der Waals surface area (Å²) in [5.74, 6) is 0.760. The zero-order valence-electron chi connectivity index (χ0n) is 12.2.